The molecule has 0 radical (unpaired) electrons. The fraction of sp³-hybridized carbons (Fsp3) is 0.125. The standard InChI is InChI=1S/C16H17N3OS/c1-2-20-15-11-7-6-8-13(15)12-17-19-16(21)18-14-9-4-3-5-10-14/h3-12H,2H2,1H3,(H2,18,19,21). The number of benzene rings is 2. The Hall–Kier alpha value is -2.40. The van der Waals surface area contributed by atoms with Gasteiger partial charge in [0.15, 0.2) is 5.11 Å². The number of ether oxygens (including phenoxy) is 1. The molecule has 2 aromatic carbocycles. The van der Waals surface area contributed by atoms with Gasteiger partial charge in [-0.15, -0.1) is 0 Å². The summed E-state index contributed by atoms with van der Waals surface area (Å²) < 4.78 is 5.52. The van der Waals surface area contributed by atoms with Crippen molar-refractivity contribution in [3.8, 4) is 5.75 Å². The van der Waals surface area contributed by atoms with Gasteiger partial charge in [-0.05, 0) is 43.4 Å². The van der Waals surface area contributed by atoms with Crippen LogP contribution < -0.4 is 15.5 Å². The topological polar surface area (TPSA) is 45.6 Å². The summed E-state index contributed by atoms with van der Waals surface area (Å²) in [6.45, 7) is 2.57. The van der Waals surface area contributed by atoms with Crippen LogP contribution in [-0.2, 0) is 0 Å². The Labute approximate surface area is 129 Å². The van der Waals surface area contributed by atoms with Crippen LogP contribution in [0.1, 0.15) is 12.5 Å². The third-order valence-corrected chi connectivity index (χ3v) is 2.81. The molecule has 0 aliphatic carbocycles. The van der Waals surface area contributed by atoms with Gasteiger partial charge in [-0.2, -0.15) is 5.10 Å². The zero-order valence-corrected chi connectivity index (χ0v) is 12.6. The van der Waals surface area contributed by atoms with Crippen molar-refractivity contribution in [2.45, 2.75) is 6.92 Å². The molecule has 2 N–H and O–H groups in total. The maximum atomic E-state index is 5.52. The molecule has 108 valence electrons. The van der Waals surface area contributed by atoms with E-state index in [1.54, 1.807) is 6.21 Å². The SMILES string of the molecule is CCOc1ccccc1C=NNC(=S)Nc1ccccc1. The van der Waals surface area contributed by atoms with E-state index in [9.17, 15) is 0 Å². The highest BCUT2D eigenvalue weighted by atomic mass is 32.1. The van der Waals surface area contributed by atoms with Gasteiger partial charge in [-0.3, -0.25) is 5.43 Å². The van der Waals surface area contributed by atoms with Gasteiger partial charge in [0.1, 0.15) is 5.75 Å². The first kappa shape index (κ1) is 15.0. The molecule has 0 fully saturated rings. The first-order chi connectivity index (χ1) is 10.3. The zero-order valence-electron chi connectivity index (χ0n) is 11.7. The molecule has 0 saturated carbocycles. The Bertz CT molecular complexity index is 614. The lowest BCUT2D eigenvalue weighted by Crippen LogP contribution is -2.23. The molecule has 0 atom stereocenters. The van der Waals surface area contributed by atoms with Gasteiger partial charge in [0.25, 0.3) is 0 Å². The number of rotatable bonds is 5. The highest BCUT2D eigenvalue weighted by Gasteiger charge is 1.99. The number of nitrogens with one attached hydrogen (secondary N) is 2. The summed E-state index contributed by atoms with van der Waals surface area (Å²) in [5.41, 5.74) is 4.60. The molecule has 5 heteroatoms. The zero-order chi connectivity index (χ0) is 14.9. The minimum atomic E-state index is 0.436. The van der Waals surface area contributed by atoms with Crippen molar-refractivity contribution in [1.82, 2.24) is 5.43 Å². The molecule has 21 heavy (non-hydrogen) atoms. The fourth-order valence-corrected chi connectivity index (χ4v) is 1.89. The molecule has 0 spiro atoms. The Balaban J connectivity index is 1.92. The van der Waals surface area contributed by atoms with Crippen molar-refractivity contribution in [2.24, 2.45) is 5.10 Å². The molecule has 4 nitrogen and oxygen atoms in total. The number of hydrogen-bond donors (Lipinski definition) is 2. The van der Waals surface area contributed by atoms with E-state index in [2.05, 4.69) is 15.8 Å². The van der Waals surface area contributed by atoms with Gasteiger partial charge < -0.3 is 10.1 Å². The Kier molecular flexibility index (Phi) is 5.72. The van der Waals surface area contributed by atoms with E-state index in [4.69, 9.17) is 17.0 Å². The van der Waals surface area contributed by atoms with Crippen LogP contribution in [0.4, 0.5) is 5.69 Å². The lowest BCUT2D eigenvalue weighted by Gasteiger charge is -2.07. The normalized spacial score (nSPS) is 10.3. The summed E-state index contributed by atoms with van der Waals surface area (Å²) >= 11 is 5.17. The Morgan fingerprint density at radius 2 is 1.86 bits per heavy atom. The summed E-state index contributed by atoms with van der Waals surface area (Å²) in [6.07, 6.45) is 1.68. The second-order valence-electron chi connectivity index (χ2n) is 4.16. The van der Waals surface area contributed by atoms with Gasteiger partial charge >= 0.3 is 0 Å². The van der Waals surface area contributed by atoms with Crippen LogP contribution >= 0.6 is 12.2 Å². The number of thiocarbonyl (C=S) groups is 1. The first-order valence-electron chi connectivity index (χ1n) is 6.66. The van der Waals surface area contributed by atoms with Crippen LogP contribution in [0, 0.1) is 0 Å². The third kappa shape index (κ3) is 4.89. The first-order valence-corrected chi connectivity index (χ1v) is 7.07. The van der Waals surface area contributed by atoms with Crippen molar-refractivity contribution < 1.29 is 4.74 Å². The maximum absolute atomic E-state index is 5.52. The average Bonchev–Trinajstić information content (AvgIpc) is 2.50. The van der Waals surface area contributed by atoms with Gasteiger partial charge in [0.2, 0.25) is 0 Å². The summed E-state index contributed by atoms with van der Waals surface area (Å²) in [5.74, 6) is 0.799. The van der Waals surface area contributed by atoms with Crippen LogP contribution in [0.3, 0.4) is 0 Å². The smallest absolute Gasteiger partial charge is 0.191 e. The number of hydrazone groups is 1. The van der Waals surface area contributed by atoms with Crippen LogP contribution in [0.5, 0.6) is 5.75 Å². The van der Waals surface area contributed by atoms with Gasteiger partial charge in [-0.25, -0.2) is 0 Å². The Morgan fingerprint density at radius 3 is 2.62 bits per heavy atom. The van der Waals surface area contributed by atoms with Crippen LogP contribution in [0.2, 0.25) is 0 Å². The second-order valence-corrected chi connectivity index (χ2v) is 4.57. The third-order valence-electron chi connectivity index (χ3n) is 2.62. The highest BCUT2D eigenvalue weighted by Crippen LogP contribution is 2.15. The molecule has 0 heterocycles. The highest BCUT2D eigenvalue weighted by molar-refractivity contribution is 7.80. The summed E-state index contributed by atoms with van der Waals surface area (Å²) in [4.78, 5) is 0. The van der Waals surface area contributed by atoms with E-state index in [-0.39, 0.29) is 0 Å². The van der Waals surface area contributed by atoms with Crippen molar-refractivity contribution in [2.75, 3.05) is 11.9 Å². The van der Waals surface area contributed by atoms with Gasteiger partial charge in [0.05, 0.1) is 12.8 Å². The van der Waals surface area contributed by atoms with Crippen molar-refractivity contribution in [1.29, 1.82) is 0 Å². The Morgan fingerprint density at radius 1 is 1.14 bits per heavy atom. The molecule has 0 amide bonds. The molecule has 2 aromatic rings. The molecule has 2 rings (SSSR count). The molecule has 0 aliphatic rings. The molecule has 0 bridgehead atoms. The van der Waals surface area contributed by atoms with Crippen LogP contribution in [0.25, 0.3) is 0 Å². The second kappa shape index (κ2) is 8.01. The van der Waals surface area contributed by atoms with E-state index >= 15 is 0 Å². The molecule has 0 saturated heterocycles. The lowest BCUT2D eigenvalue weighted by molar-refractivity contribution is 0.340. The van der Waals surface area contributed by atoms with E-state index in [0.29, 0.717) is 11.7 Å². The minimum absolute atomic E-state index is 0.436. The number of nitrogens with zero attached hydrogens (tertiary/aromatic N) is 1. The van der Waals surface area contributed by atoms with E-state index in [1.165, 1.54) is 0 Å². The molecule has 0 aliphatic heterocycles. The van der Waals surface area contributed by atoms with E-state index < -0.39 is 0 Å². The number of anilines is 1. The average molecular weight is 299 g/mol. The molecular weight excluding hydrogens is 282 g/mol. The van der Waals surface area contributed by atoms with E-state index in [0.717, 1.165) is 17.0 Å². The van der Waals surface area contributed by atoms with Gasteiger partial charge in [-0.1, -0.05) is 30.3 Å². The van der Waals surface area contributed by atoms with Crippen molar-refractivity contribution in [3.63, 3.8) is 0 Å². The molecule has 0 aromatic heterocycles. The minimum Gasteiger partial charge on any atom is -0.493 e. The van der Waals surface area contributed by atoms with Gasteiger partial charge in [0, 0.05) is 11.3 Å². The maximum Gasteiger partial charge on any atom is 0.191 e. The monoisotopic (exact) mass is 299 g/mol. The number of hydrogen-bond acceptors (Lipinski definition) is 3. The lowest BCUT2D eigenvalue weighted by atomic mass is 10.2. The summed E-state index contributed by atoms with van der Waals surface area (Å²) in [6, 6.07) is 17.4. The summed E-state index contributed by atoms with van der Waals surface area (Å²) in [7, 11) is 0. The predicted octanol–water partition coefficient (Wildman–Crippen LogP) is 3.41. The quantitative estimate of drug-likeness (QED) is 0.504. The van der Waals surface area contributed by atoms with E-state index in [1.807, 2.05) is 61.5 Å². The molecule has 0 unspecified atom stereocenters. The van der Waals surface area contributed by atoms with Crippen molar-refractivity contribution in [3.05, 3.63) is 60.2 Å². The predicted molar refractivity (Wildman–Crippen MR) is 91.0 cm³/mol. The summed E-state index contributed by atoms with van der Waals surface area (Å²) in [5, 5.41) is 7.60. The molecular formula is C16H17N3OS. The van der Waals surface area contributed by atoms with Crippen LogP contribution in [-0.4, -0.2) is 17.9 Å². The fourth-order valence-electron chi connectivity index (χ4n) is 1.72. The number of para-hydroxylation sites is 2. The van der Waals surface area contributed by atoms with Crippen molar-refractivity contribution >= 4 is 29.2 Å². The van der Waals surface area contributed by atoms with Crippen LogP contribution in [0.15, 0.2) is 59.7 Å². The largest absolute Gasteiger partial charge is 0.493 e.